The van der Waals surface area contributed by atoms with E-state index < -0.39 is 117 Å². The molecule has 0 aromatic rings. The first kappa shape index (κ1) is 111. The van der Waals surface area contributed by atoms with Gasteiger partial charge in [0, 0.05) is 12.8 Å². The zero-order valence-corrected chi connectivity index (χ0v) is 59.8. The zero-order valence-electron chi connectivity index (χ0n) is 59.8. The monoisotopic (exact) mass is 1420 g/mol. The normalized spacial score (nSPS) is 13.4. The second-order valence-corrected chi connectivity index (χ2v) is 26.4. The summed E-state index contributed by atoms with van der Waals surface area (Å²) in [6.45, 7) is 47.7. The van der Waals surface area contributed by atoms with Crippen molar-refractivity contribution in [1.29, 1.82) is 0 Å². The van der Waals surface area contributed by atoms with Gasteiger partial charge < -0.3 is 0 Å². The zero-order chi connectivity index (χ0) is 76.5. The molecule has 0 bridgehead atoms. The third-order valence-electron chi connectivity index (χ3n) is 13.6. The fourth-order valence-corrected chi connectivity index (χ4v) is 5.35. The molecule has 0 rings (SSSR count). The van der Waals surface area contributed by atoms with Crippen molar-refractivity contribution >= 4 is 0 Å². The Morgan fingerprint density at radius 1 is 0.272 bits per heavy atom. The van der Waals surface area contributed by atoms with E-state index in [1.165, 1.54) is 53.4 Å². The molecular weight excluding hydrogens is 1290 g/mol. The Balaban J connectivity index is -0.000000103. The number of hydrogen-bond donors (Lipinski definition) is 0. The first-order chi connectivity index (χ1) is 40.5. The van der Waals surface area contributed by atoms with E-state index in [1.807, 2.05) is 20.8 Å². The largest absolute Gasteiger partial charge is 0.400 e. The molecule has 0 heterocycles. The predicted molar refractivity (Wildman–Crippen MR) is 324 cm³/mol. The van der Waals surface area contributed by atoms with Crippen LogP contribution < -0.4 is 0 Å². The van der Waals surface area contributed by atoms with Crippen LogP contribution in [0.3, 0.4) is 0 Å². The lowest BCUT2D eigenvalue weighted by Crippen LogP contribution is -2.37. The van der Waals surface area contributed by atoms with Crippen LogP contribution in [0.4, 0.5) is 119 Å². The van der Waals surface area contributed by atoms with Gasteiger partial charge in [0.25, 0.3) is 0 Å². The molecule has 0 unspecified atom stereocenters. The van der Waals surface area contributed by atoms with Gasteiger partial charge >= 0.3 is 55.6 Å². The Bertz CT molecular complexity index is 1460. The number of alkyl halides is 27. The summed E-state index contributed by atoms with van der Waals surface area (Å²) in [5, 5.41) is 0. The van der Waals surface area contributed by atoms with Gasteiger partial charge in [0.2, 0.25) is 0 Å². The first-order valence-electron chi connectivity index (χ1n) is 32.1. The van der Waals surface area contributed by atoms with Crippen LogP contribution in [0.15, 0.2) is 0 Å². The van der Waals surface area contributed by atoms with E-state index in [-0.39, 0.29) is 31.6 Å². The SMILES string of the molecule is CC(C)C(C)C.CC(C)CC(C(F)(F)F)C(F)(F)F.CCC(C)(C)C.CCC(C)(C)C.CCC(C)CC.CCCC(C(F)(F)F)C(F)(F)F.CCCCC(C(F)(F)F)C(F)(F)F.CCCCCCC(F)(F)F.CCCC[C@H](C)C(F)(F)F.CCC[C@H](C)CC(F)(F)F. The van der Waals surface area contributed by atoms with Crippen molar-refractivity contribution in [3.05, 3.63) is 0 Å². The summed E-state index contributed by atoms with van der Waals surface area (Å²) in [6, 6.07) is 0. The Morgan fingerprint density at radius 3 is 0.717 bits per heavy atom. The quantitative estimate of drug-likeness (QED) is 0.0842. The first-order valence-corrected chi connectivity index (χ1v) is 32.1. The lowest BCUT2D eigenvalue weighted by atomic mass is 9.94. The minimum Gasteiger partial charge on any atom is -0.171 e. The van der Waals surface area contributed by atoms with E-state index in [9.17, 15) is 119 Å². The summed E-state index contributed by atoms with van der Waals surface area (Å²) in [6.07, 6.45) is -35.5. The highest BCUT2D eigenvalue weighted by molar-refractivity contribution is 4.77. The summed E-state index contributed by atoms with van der Waals surface area (Å²) in [7, 11) is 0. The summed E-state index contributed by atoms with van der Waals surface area (Å²) in [5.41, 5.74) is 1.08. The number of halogens is 27. The Hall–Kier alpha value is -1.89. The molecule has 92 heavy (non-hydrogen) atoms. The molecule has 0 fully saturated rings. The van der Waals surface area contributed by atoms with Gasteiger partial charge in [-0.15, -0.1) is 0 Å². The highest BCUT2D eigenvalue weighted by atomic mass is 19.4. The van der Waals surface area contributed by atoms with Crippen LogP contribution in [-0.4, -0.2) is 55.6 Å². The summed E-state index contributed by atoms with van der Waals surface area (Å²) >= 11 is 0. The van der Waals surface area contributed by atoms with Crippen LogP contribution in [0, 0.1) is 64.1 Å². The van der Waals surface area contributed by atoms with Crippen molar-refractivity contribution in [3.63, 3.8) is 0 Å². The van der Waals surface area contributed by atoms with E-state index in [0.717, 1.165) is 43.4 Å². The van der Waals surface area contributed by atoms with Gasteiger partial charge in [-0.2, -0.15) is 119 Å². The number of unbranched alkanes of at least 4 members (excludes halogenated alkanes) is 5. The molecule has 0 aromatic heterocycles. The van der Waals surface area contributed by atoms with Gasteiger partial charge in [-0.05, 0) is 72.5 Å². The molecule has 0 saturated carbocycles. The highest BCUT2D eigenvalue weighted by Crippen LogP contribution is 2.44. The van der Waals surface area contributed by atoms with Crippen molar-refractivity contribution in [1.82, 2.24) is 0 Å². The Morgan fingerprint density at radius 2 is 0.554 bits per heavy atom. The minimum atomic E-state index is -5.19. The molecule has 0 radical (unpaired) electrons. The van der Waals surface area contributed by atoms with Crippen LogP contribution >= 0.6 is 0 Å². The van der Waals surface area contributed by atoms with Crippen molar-refractivity contribution in [2.75, 3.05) is 0 Å². The maximum Gasteiger partial charge on any atom is 0.400 e. The average Bonchev–Trinajstić information content (AvgIpc) is 0.914. The van der Waals surface area contributed by atoms with Gasteiger partial charge in [0.15, 0.2) is 17.8 Å². The average molecular weight is 1420 g/mol. The molecule has 0 aliphatic heterocycles. The maximum absolute atomic E-state index is 11.9. The fraction of sp³-hybridized carbons (Fsp3) is 1.00. The molecule has 0 spiro atoms. The van der Waals surface area contributed by atoms with Crippen LogP contribution in [0.5, 0.6) is 0 Å². The third-order valence-corrected chi connectivity index (χ3v) is 13.6. The smallest absolute Gasteiger partial charge is 0.171 e. The summed E-state index contributed by atoms with van der Waals surface area (Å²) < 4.78 is 317. The van der Waals surface area contributed by atoms with Gasteiger partial charge in [-0.1, -0.05) is 256 Å². The molecule has 0 amide bonds. The molecular formula is C65H123F27. The minimum absolute atomic E-state index is 0.0658. The predicted octanol–water partition coefficient (Wildman–Crippen LogP) is 31.1. The summed E-state index contributed by atoms with van der Waals surface area (Å²) in [4.78, 5) is 0. The Labute approximate surface area is 538 Å². The van der Waals surface area contributed by atoms with E-state index in [1.54, 1.807) is 13.8 Å². The third kappa shape index (κ3) is 94.5. The van der Waals surface area contributed by atoms with Gasteiger partial charge in [-0.3, -0.25) is 0 Å². The van der Waals surface area contributed by atoms with Crippen molar-refractivity contribution in [2.45, 2.75) is 357 Å². The fourth-order valence-electron chi connectivity index (χ4n) is 5.35. The molecule has 0 aromatic carbocycles. The van der Waals surface area contributed by atoms with E-state index in [2.05, 4.69) is 104 Å². The molecule has 0 nitrogen and oxygen atoms in total. The maximum atomic E-state index is 11.9. The number of rotatable bonds is 20. The highest BCUT2D eigenvalue weighted by Gasteiger charge is 2.57. The van der Waals surface area contributed by atoms with Crippen LogP contribution in [-0.2, 0) is 0 Å². The second-order valence-electron chi connectivity index (χ2n) is 26.4. The van der Waals surface area contributed by atoms with Crippen molar-refractivity contribution in [2.24, 2.45) is 64.1 Å². The molecule has 2 atom stereocenters. The lowest BCUT2D eigenvalue weighted by Gasteiger charge is -2.24. The van der Waals surface area contributed by atoms with E-state index >= 15 is 0 Å². The molecule has 0 aliphatic carbocycles. The molecule has 0 saturated heterocycles. The van der Waals surface area contributed by atoms with Crippen LogP contribution in [0.1, 0.15) is 301 Å². The van der Waals surface area contributed by atoms with Crippen molar-refractivity contribution < 1.29 is 119 Å². The molecule has 0 N–H and O–H groups in total. The number of hydrogen-bond acceptors (Lipinski definition) is 0. The standard InChI is InChI=1S/2C7H10F6.3C7H13F3.C6H8F6.4C6H14/c1-4(2)3-5(6(8,9)10)7(11,12)13;1-2-3-4-5(6(8,9)10)7(11,12)13;1-3-4-6(2)5-7(8,9)10;1-3-4-5-6(2)7(8,9)10;1-2-3-4-5-6-7(8,9)10;1-2-3-4(5(7,8)9)6(10,11)12;2*1-5-6(2,3)4;1-5(2)6(3)4;1-4-6(3)5-2/h4-5H,3H2,1-2H3;5H,2-4H2,1H3;2*6H,3-5H2,1-2H3;2-6H2,1H3;4H,2-3H2,1H3;2*5H2,1-4H3;5-6H,1-4H3;6H,4-5H2,1-3H3/t;;2*6-;;;;;;/m..00....../s1. The van der Waals surface area contributed by atoms with E-state index in [0.29, 0.717) is 36.5 Å². The molecule has 27 heteroatoms. The Kier molecular flexibility index (Phi) is 66.7. The lowest BCUT2D eigenvalue weighted by molar-refractivity contribution is -0.288. The molecule has 0 aliphatic rings. The van der Waals surface area contributed by atoms with Crippen LogP contribution in [0.25, 0.3) is 0 Å². The van der Waals surface area contributed by atoms with Gasteiger partial charge in [0.05, 0.1) is 5.92 Å². The van der Waals surface area contributed by atoms with Crippen LogP contribution in [0.2, 0.25) is 0 Å². The van der Waals surface area contributed by atoms with Crippen molar-refractivity contribution in [3.8, 4) is 0 Å². The topological polar surface area (TPSA) is 0 Å². The van der Waals surface area contributed by atoms with Gasteiger partial charge in [0.1, 0.15) is 0 Å². The van der Waals surface area contributed by atoms with Gasteiger partial charge in [-0.25, -0.2) is 0 Å². The summed E-state index contributed by atoms with van der Waals surface area (Å²) in [5.74, 6) is -8.87. The second kappa shape index (κ2) is 55.0. The van der Waals surface area contributed by atoms with E-state index in [4.69, 9.17) is 0 Å². The molecule has 572 valence electrons.